The molecule has 0 aromatic heterocycles. The second-order valence-electron chi connectivity index (χ2n) is 5.90. The van der Waals surface area contributed by atoms with Crippen LogP contribution in [-0.2, 0) is 13.2 Å². The zero-order chi connectivity index (χ0) is 19.2. The predicted molar refractivity (Wildman–Crippen MR) is 106 cm³/mol. The zero-order valence-electron chi connectivity index (χ0n) is 14.3. The van der Waals surface area contributed by atoms with Crippen LogP contribution in [0.2, 0.25) is 0 Å². The summed E-state index contributed by atoms with van der Waals surface area (Å²) in [5.74, 6) is -0.511. The van der Waals surface area contributed by atoms with Crippen LogP contribution >= 0.6 is 15.9 Å². The average molecular weight is 430 g/mol. The monoisotopic (exact) mass is 429 g/mol. The molecule has 0 atom stereocenters. The molecule has 0 saturated carbocycles. The Hall–Kier alpha value is -2.86. The molecule has 4 nitrogen and oxygen atoms in total. The lowest BCUT2D eigenvalue weighted by Gasteiger charge is -2.14. The Kier molecular flexibility index (Phi) is 6.08. The van der Waals surface area contributed by atoms with Gasteiger partial charge in [0.2, 0.25) is 0 Å². The van der Waals surface area contributed by atoms with Gasteiger partial charge in [-0.05, 0) is 60.2 Å². The third kappa shape index (κ3) is 5.31. The first-order valence-electron chi connectivity index (χ1n) is 8.24. The van der Waals surface area contributed by atoms with Crippen molar-refractivity contribution in [2.24, 2.45) is 0 Å². The van der Waals surface area contributed by atoms with Crippen LogP contribution in [-0.4, -0.2) is 11.1 Å². The number of anilines is 1. The number of carboxylic acid groups (broad SMARTS) is 1. The molecule has 6 heteroatoms. The summed E-state index contributed by atoms with van der Waals surface area (Å²) in [7, 11) is 0. The Morgan fingerprint density at radius 3 is 2.41 bits per heavy atom. The lowest BCUT2D eigenvalue weighted by atomic mass is 10.1. The molecule has 0 aliphatic heterocycles. The Labute approximate surface area is 164 Å². The number of carboxylic acids is 1. The largest absolute Gasteiger partial charge is 0.489 e. The highest BCUT2D eigenvalue weighted by molar-refractivity contribution is 9.10. The number of hydrogen-bond donors (Lipinski definition) is 2. The smallest absolute Gasteiger partial charge is 0.335 e. The fraction of sp³-hybridized carbons (Fsp3) is 0.0952. The molecule has 27 heavy (non-hydrogen) atoms. The molecule has 0 saturated heterocycles. The van der Waals surface area contributed by atoms with Gasteiger partial charge in [0.05, 0.1) is 5.56 Å². The van der Waals surface area contributed by atoms with Gasteiger partial charge in [-0.1, -0.05) is 28.1 Å². The highest BCUT2D eigenvalue weighted by atomic mass is 79.9. The summed E-state index contributed by atoms with van der Waals surface area (Å²) < 4.78 is 19.8. The molecule has 0 unspecified atom stereocenters. The minimum absolute atomic E-state index is 0.242. The minimum Gasteiger partial charge on any atom is -0.489 e. The predicted octanol–water partition coefficient (Wildman–Crippen LogP) is 5.48. The van der Waals surface area contributed by atoms with Crippen molar-refractivity contribution in [3.05, 3.63) is 93.7 Å². The van der Waals surface area contributed by atoms with E-state index in [1.165, 1.54) is 12.1 Å². The molecule has 3 rings (SSSR count). The number of ether oxygens (including phenoxy) is 1. The maximum absolute atomic E-state index is 13.0. The molecule has 0 spiro atoms. The van der Waals surface area contributed by atoms with Crippen LogP contribution < -0.4 is 10.1 Å². The van der Waals surface area contributed by atoms with Gasteiger partial charge >= 0.3 is 5.97 Å². The van der Waals surface area contributed by atoms with Crippen molar-refractivity contribution >= 4 is 27.6 Å². The Bertz CT molecular complexity index is 927. The summed E-state index contributed by atoms with van der Waals surface area (Å²) in [6, 6.07) is 18.5. The van der Waals surface area contributed by atoms with E-state index < -0.39 is 5.97 Å². The Morgan fingerprint density at radius 2 is 1.74 bits per heavy atom. The van der Waals surface area contributed by atoms with Crippen molar-refractivity contribution in [3.63, 3.8) is 0 Å². The average Bonchev–Trinajstić information content (AvgIpc) is 2.67. The fourth-order valence-corrected chi connectivity index (χ4v) is 2.91. The summed E-state index contributed by atoms with van der Waals surface area (Å²) in [5, 5.41) is 12.2. The topological polar surface area (TPSA) is 58.6 Å². The molecule has 138 valence electrons. The van der Waals surface area contributed by atoms with Crippen LogP contribution in [0.15, 0.2) is 71.2 Å². The molecule has 0 heterocycles. The van der Waals surface area contributed by atoms with Gasteiger partial charge in [0, 0.05) is 22.3 Å². The summed E-state index contributed by atoms with van der Waals surface area (Å²) in [6.07, 6.45) is 0. The molecule has 0 aliphatic rings. The van der Waals surface area contributed by atoms with E-state index in [1.807, 2.05) is 18.2 Å². The number of aromatic carboxylic acids is 1. The Morgan fingerprint density at radius 1 is 1.04 bits per heavy atom. The van der Waals surface area contributed by atoms with E-state index in [2.05, 4.69) is 21.2 Å². The highest BCUT2D eigenvalue weighted by Gasteiger charge is 2.07. The molecule has 0 fully saturated rings. The second-order valence-corrected chi connectivity index (χ2v) is 6.82. The molecule has 0 amide bonds. The molecule has 0 bridgehead atoms. The molecule has 3 aromatic carbocycles. The number of carbonyl (C=O) groups is 1. The number of nitrogens with one attached hydrogen (secondary N) is 1. The van der Waals surface area contributed by atoms with Crippen LogP contribution in [0, 0.1) is 5.82 Å². The van der Waals surface area contributed by atoms with E-state index in [-0.39, 0.29) is 11.4 Å². The van der Waals surface area contributed by atoms with Crippen molar-refractivity contribution in [3.8, 4) is 5.75 Å². The highest BCUT2D eigenvalue weighted by Crippen LogP contribution is 2.25. The summed E-state index contributed by atoms with van der Waals surface area (Å²) in [6.45, 7) is 0.840. The molecule has 2 N–H and O–H groups in total. The number of hydrogen-bond acceptors (Lipinski definition) is 3. The van der Waals surface area contributed by atoms with E-state index in [9.17, 15) is 9.18 Å². The first kappa shape index (κ1) is 18.9. The van der Waals surface area contributed by atoms with E-state index >= 15 is 0 Å². The van der Waals surface area contributed by atoms with Gasteiger partial charge < -0.3 is 15.2 Å². The summed E-state index contributed by atoms with van der Waals surface area (Å²) in [5.41, 5.74) is 2.87. The van der Waals surface area contributed by atoms with E-state index in [1.54, 1.807) is 36.4 Å². The first-order valence-corrected chi connectivity index (χ1v) is 9.03. The lowest BCUT2D eigenvalue weighted by molar-refractivity contribution is 0.0697. The van der Waals surface area contributed by atoms with Gasteiger partial charge in [-0.3, -0.25) is 0 Å². The van der Waals surface area contributed by atoms with Gasteiger partial charge in [-0.2, -0.15) is 0 Å². The number of rotatable bonds is 7. The van der Waals surface area contributed by atoms with Crippen molar-refractivity contribution in [1.82, 2.24) is 0 Å². The van der Waals surface area contributed by atoms with Gasteiger partial charge in [-0.15, -0.1) is 0 Å². The van der Waals surface area contributed by atoms with Gasteiger partial charge in [0.25, 0.3) is 0 Å². The minimum atomic E-state index is -0.954. The zero-order valence-corrected chi connectivity index (χ0v) is 15.9. The van der Waals surface area contributed by atoms with Crippen LogP contribution in [0.25, 0.3) is 0 Å². The quantitative estimate of drug-likeness (QED) is 0.522. The standard InChI is InChI=1S/C21H17BrFNO3/c22-17-5-10-20(27-13-14-1-6-18(23)7-2-14)16(11-17)12-24-19-8-3-15(4-9-19)21(25)26/h1-11,24H,12-13H2,(H,25,26). The van der Waals surface area contributed by atoms with Crippen molar-refractivity contribution in [2.75, 3.05) is 5.32 Å². The third-order valence-corrected chi connectivity index (χ3v) is 4.44. The van der Waals surface area contributed by atoms with Crippen LogP contribution in [0.3, 0.4) is 0 Å². The molecule has 0 aliphatic carbocycles. The van der Waals surface area contributed by atoms with Gasteiger partial charge in [0.15, 0.2) is 0 Å². The van der Waals surface area contributed by atoms with Crippen molar-refractivity contribution in [1.29, 1.82) is 0 Å². The first-order chi connectivity index (χ1) is 13.0. The van der Waals surface area contributed by atoms with E-state index in [0.717, 1.165) is 27.0 Å². The molecular formula is C21H17BrFNO3. The maximum atomic E-state index is 13.0. The summed E-state index contributed by atoms with van der Waals surface area (Å²) >= 11 is 3.46. The molecule has 0 radical (unpaired) electrons. The normalized spacial score (nSPS) is 10.4. The third-order valence-electron chi connectivity index (χ3n) is 3.94. The Balaban J connectivity index is 1.68. The fourth-order valence-electron chi connectivity index (χ4n) is 2.50. The molecule has 3 aromatic rings. The SMILES string of the molecule is O=C(O)c1ccc(NCc2cc(Br)ccc2OCc2ccc(F)cc2)cc1. The van der Waals surface area contributed by atoms with Crippen LogP contribution in [0.1, 0.15) is 21.5 Å². The maximum Gasteiger partial charge on any atom is 0.335 e. The summed E-state index contributed by atoms with van der Waals surface area (Å²) in [4.78, 5) is 10.9. The van der Waals surface area contributed by atoms with Gasteiger partial charge in [0.1, 0.15) is 18.2 Å². The van der Waals surface area contributed by atoms with Crippen molar-refractivity contribution in [2.45, 2.75) is 13.2 Å². The van der Waals surface area contributed by atoms with Crippen LogP contribution in [0.4, 0.5) is 10.1 Å². The van der Waals surface area contributed by atoms with E-state index in [4.69, 9.17) is 9.84 Å². The number of halogens is 2. The van der Waals surface area contributed by atoms with Crippen LogP contribution in [0.5, 0.6) is 5.75 Å². The second kappa shape index (κ2) is 8.68. The molecular weight excluding hydrogens is 413 g/mol. The van der Waals surface area contributed by atoms with E-state index in [0.29, 0.717) is 13.2 Å². The van der Waals surface area contributed by atoms with Gasteiger partial charge in [-0.25, -0.2) is 9.18 Å². The number of benzene rings is 3. The van der Waals surface area contributed by atoms with Crippen molar-refractivity contribution < 1.29 is 19.0 Å². The lowest BCUT2D eigenvalue weighted by Crippen LogP contribution is -2.04.